The molecule has 0 aliphatic carbocycles. The van der Waals surface area contributed by atoms with Gasteiger partial charge in [-0.05, 0) is 43.7 Å². The Hall–Kier alpha value is -2.81. The Morgan fingerprint density at radius 1 is 1.10 bits per heavy atom. The molecule has 1 amide bonds. The fourth-order valence-electron chi connectivity index (χ4n) is 3.11. The van der Waals surface area contributed by atoms with E-state index in [-0.39, 0.29) is 5.91 Å². The second-order valence-electron chi connectivity index (χ2n) is 6.57. The number of nitrogens with one attached hydrogen (secondary N) is 1. The largest absolute Gasteiger partial charge is 0.321 e. The molecule has 29 heavy (non-hydrogen) atoms. The van der Waals surface area contributed by atoms with Crippen LogP contribution in [0.15, 0.2) is 42.5 Å². The minimum Gasteiger partial charge on any atom is -0.321 e. The molecule has 0 fully saturated rings. The topological polar surface area (TPSA) is 72.2 Å². The number of aryl methyl sites for hydroxylation is 2. The van der Waals surface area contributed by atoms with Crippen LogP contribution in [0.2, 0.25) is 5.02 Å². The quantitative estimate of drug-likeness (QED) is 0.397. The molecule has 0 atom stereocenters. The molecular weight excluding hydrogens is 426 g/mol. The average molecular weight is 440 g/mol. The highest BCUT2D eigenvalue weighted by Gasteiger charge is 2.18. The molecule has 9 heteroatoms. The van der Waals surface area contributed by atoms with Gasteiger partial charge in [0.2, 0.25) is 4.96 Å². The van der Waals surface area contributed by atoms with Gasteiger partial charge in [-0.15, -0.1) is 21.5 Å². The summed E-state index contributed by atoms with van der Waals surface area (Å²) in [4.78, 5) is 14.1. The first-order valence-corrected chi connectivity index (χ1v) is 10.8. The Labute approximate surface area is 178 Å². The number of carbonyl (C=O) groups excluding carboxylic acids is 1. The zero-order valence-corrected chi connectivity index (χ0v) is 17.8. The molecule has 0 radical (unpaired) electrons. The average Bonchev–Trinajstić information content (AvgIpc) is 3.38. The van der Waals surface area contributed by atoms with E-state index in [0.29, 0.717) is 9.90 Å². The minimum absolute atomic E-state index is 0.207. The van der Waals surface area contributed by atoms with E-state index in [0.717, 1.165) is 42.7 Å². The maximum Gasteiger partial charge on any atom is 0.267 e. The van der Waals surface area contributed by atoms with E-state index < -0.39 is 0 Å². The minimum atomic E-state index is -0.207. The molecule has 3 heterocycles. The van der Waals surface area contributed by atoms with Crippen molar-refractivity contribution in [1.82, 2.24) is 19.8 Å². The SMILES string of the molecule is Cc1cc(-c2nn3c(C)nnc3s2)ccc1NC(=O)c1sc2ccccc2c1Cl. The Morgan fingerprint density at radius 2 is 1.93 bits per heavy atom. The van der Waals surface area contributed by atoms with Gasteiger partial charge < -0.3 is 5.32 Å². The van der Waals surface area contributed by atoms with Crippen LogP contribution in [-0.2, 0) is 0 Å². The molecule has 5 rings (SSSR count). The fourth-order valence-corrected chi connectivity index (χ4v) is 5.40. The van der Waals surface area contributed by atoms with Crippen LogP contribution in [0, 0.1) is 13.8 Å². The van der Waals surface area contributed by atoms with Gasteiger partial charge >= 0.3 is 0 Å². The van der Waals surface area contributed by atoms with Gasteiger partial charge in [0.15, 0.2) is 5.82 Å². The standard InChI is InChI=1S/C20H14ClN5OS2/c1-10-9-12(19-25-26-11(2)23-24-20(26)29-19)7-8-14(10)22-18(27)17-16(21)13-5-3-4-6-15(13)28-17/h3-9H,1-2H3,(H,22,27). The highest BCUT2D eigenvalue weighted by molar-refractivity contribution is 7.21. The first kappa shape index (κ1) is 18.2. The summed E-state index contributed by atoms with van der Waals surface area (Å²) in [5, 5.41) is 17.9. The van der Waals surface area contributed by atoms with E-state index in [4.69, 9.17) is 11.6 Å². The summed E-state index contributed by atoms with van der Waals surface area (Å²) in [5.41, 5.74) is 2.65. The molecule has 2 aromatic carbocycles. The third kappa shape index (κ3) is 3.09. The van der Waals surface area contributed by atoms with Gasteiger partial charge in [0.25, 0.3) is 5.91 Å². The van der Waals surface area contributed by atoms with Crippen LogP contribution in [0.1, 0.15) is 21.1 Å². The molecule has 0 saturated heterocycles. The first-order valence-electron chi connectivity index (χ1n) is 8.79. The van der Waals surface area contributed by atoms with Crippen molar-refractivity contribution in [2.75, 3.05) is 5.32 Å². The maximum atomic E-state index is 12.8. The van der Waals surface area contributed by atoms with Crippen LogP contribution >= 0.6 is 34.3 Å². The molecule has 0 spiro atoms. The van der Waals surface area contributed by atoms with E-state index in [9.17, 15) is 4.79 Å². The Kier molecular flexibility index (Phi) is 4.34. The second kappa shape index (κ2) is 6.91. The summed E-state index contributed by atoms with van der Waals surface area (Å²) < 4.78 is 2.72. The Bertz CT molecular complexity index is 1400. The van der Waals surface area contributed by atoms with Crippen LogP contribution < -0.4 is 5.32 Å². The Morgan fingerprint density at radius 3 is 2.69 bits per heavy atom. The molecule has 0 aliphatic rings. The summed E-state index contributed by atoms with van der Waals surface area (Å²) in [6, 6.07) is 13.6. The highest BCUT2D eigenvalue weighted by atomic mass is 35.5. The molecule has 0 bridgehead atoms. The van der Waals surface area contributed by atoms with Crippen LogP contribution in [-0.4, -0.2) is 25.7 Å². The van der Waals surface area contributed by atoms with E-state index in [1.165, 1.54) is 22.7 Å². The summed E-state index contributed by atoms with van der Waals surface area (Å²) in [6.45, 7) is 3.82. The van der Waals surface area contributed by atoms with Gasteiger partial charge in [0.05, 0.1) is 5.02 Å². The van der Waals surface area contributed by atoms with Crippen molar-refractivity contribution in [3.05, 3.63) is 63.8 Å². The number of rotatable bonds is 3. The lowest BCUT2D eigenvalue weighted by molar-refractivity contribution is 0.103. The lowest BCUT2D eigenvalue weighted by Gasteiger charge is -2.09. The first-order chi connectivity index (χ1) is 14.0. The fraction of sp³-hybridized carbons (Fsp3) is 0.100. The van der Waals surface area contributed by atoms with Crippen molar-refractivity contribution >= 4 is 60.9 Å². The number of fused-ring (bicyclic) bond motifs is 2. The number of carbonyl (C=O) groups is 1. The molecule has 5 aromatic rings. The van der Waals surface area contributed by atoms with E-state index in [1.54, 1.807) is 4.52 Å². The number of anilines is 1. The van der Waals surface area contributed by atoms with E-state index in [1.807, 2.05) is 56.3 Å². The maximum absolute atomic E-state index is 12.8. The van der Waals surface area contributed by atoms with Crippen molar-refractivity contribution in [2.24, 2.45) is 0 Å². The lowest BCUT2D eigenvalue weighted by atomic mass is 10.1. The highest BCUT2D eigenvalue weighted by Crippen LogP contribution is 2.36. The number of benzene rings is 2. The molecule has 0 saturated carbocycles. The van der Waals surface area contributed by atoms with Gasteiger partial charge in [-0.2, -0.15) is 9.61 Å². The van der Waals surface area contributed by atoms with Crippen LogP contribution in [0.5, 0.6) is 0 Å². The summed E-state index contributed by atoms with van der Waals surface area (Å²) in [7, 11) is 0. The summed E-state index contributed by atoms with van der Waals surface area (Å²) in [5.74, 6) is 0.546. The van der Waals surface area contributed by atoms with E-state index >= 15 is 0 Å². The zero-order valence-electron chi connectivity index (χ0n) is 15.4. The van der Waals surface area contributed by atoms with Crippen LogP contribution in [0.4, 0.5) is 5.69 Å². The van der Waals surface area contributed by atoms with Gasteiger partial charge in [0, 0.05) is 21.3 Å². The van der Waals surface area contributed by atoms with Gasteiger partial charge in [-0.25, -0.2) is 0 Å². The molecule has 1 N–H and O–H groups in total. The number of nitrogens with zero attached hydrogens (tertiary/aromatic N) is 4. The molecular formula is C20H14ClN5OS2. The third-order valence-electron chi connectivity index (χ3n) is 4.61. The Balaban J connectivity index is 1.44. The second-order valence-corrected chi connectivity index (χ2v) is 8.96. The van der Waals surface area contributed by atoms with Crippen molar-refractivity contribution in [3.63, 3.8) is 0 Å². The van der Waals surface area contributed by atoms with Crippen LogP contribution in [0.3, 0.4) is 0 Å². The van der Waals surface area contributed by atoms with Crippen molar-refractivity contribution in [1.29, 1.82) is 0 Å². The van der Waals surface area contributed by atoms with Crippen LogP contribution in [0.25, 0.3) is 25.6 Å². The van der Waals surface area contributed by atoms with Crippen molar-refractivity contribution in [2.45, 2.75) is 13.8 Å². The number of hydrogen-bond donors (Lipinski definition) is 1. The predicted octanol–water partition coefficient (Wildman–Crippen LogP) is 5.59. The number of halogens is 1. The lowest BCUT2D eigenvalue weighted by Crippen LogP contribution is -2.11. The number of thiophene rings is 1. The van der Waals surface area contributed by atoms with E-state index in [2.05, 4.69) is 20.6 Å². The molecule has 3 aromatic heterocycles. The summed E-state index contributed by atoms with van der Waals surface area (Å²) >= 11 is 9.30. The van der Waals surface area contributed by atoms with Crippen molar-refractivity contribution < 1.29 is 4.79 Å². The zero-order chi connectivity index (χ0) is 20.1. The predicted molar refractivity (Wildman–Crippen MR) is 118 cm³/mol. The number of amides is 1. The van der Waals surface area contributed by atoms with Crippen molar-refractivity contribution in [3.8, 4) is 10.6 Å². The smallest absolute Gasteiger partial charge is 0.267 e. The molecule has 0 unspecified atom stereocenters. The monoisotopic (exact) mass is 439 g/mol. The normalized spacial score (nSPS) is 11.4. The van der Waals surface area contributed by atoms with Gasteiger partial charge in [-0.1, -0.05) is 41.1 Å². The summed E-state index contributed by atoms with van der Waals surface area (Å²) in [6.07, 6.45) is 0. The molecule has 144 valence electrons. The van der Waals surface area contributed by atoms with Gasteiger partial charge in [0.1, 0.15) is 9.88 Å². The number of aromatic nitrogens is 4. The van der Waals surface area contributed by atoms with Gasteiger partial charge in [-0.3, -0.25) is 4.79 Å². The molecule has 6 nitrogen and oxygen atoms in total. The number of hydrogen-bond acceptors (Lipinski definition) is 6. The third-order valence-corrected chi connectivity index (χ3v) is 7.23. The molecule has 0 aliphatic heterocycles.